The molecule has 7 heteroatoms. The number of nitrogens with one attached hydrogen (secondary N) is 1. The maximum Gasteiger partial charge on any atom is 0.234 e. The Bertz CT molecular complexity index is 560. The molecule has 2 aromatic rings. The van der Waals surface area contributed by atoms with E-state index >= 15 is 0 Å². The fourth-order valence-corrected chi connectivity index (χ4v) is 1.92. The van der Waals surface area contributed by atoms with Gasteiger partial charge in [-0.05, 0) is 18.2 Å². The number of thioether (sulfide) groups is 1. The van der Waals surface area contributed by atoms with Crippen LogP contribution in [0.15, 0.2) is 41.8 Å². The Morgan fingerprint density at radius 1 is 1.16 bits per heavy atom. The van der Waals surface area contributed by atoms with Gasteiger partial charge in [-0.3, -0.25) is 4.79 Å². The molecular weight excluding hydrogens is 272 g/mol. The number of benzene rings is 1. The van der Waals surface area contributed by atoms with Crippen LogP contribution in [0.5, 0.6) is 0 Å². The second-order valence-corrected chi connectivity index (χ2v) is 4.47. The third-order valence-corrected chi connectivity index (χ3v) is 2.90. The van der Waals surface area contributed by atoms with Gasteiger partial charge in [0.1, 0.15) is 11.6 Å². The number of aromatic nitrogens is 2. The molecule has 1 aromatic carbocycles. The molecule has 0 saturated heterocycles. The fourth-order valence-electron chi connectivity index (χ4n) is 1.31. The Hall–Kier alpha value is -2.02. The van der Waals surface area contributed by atoms with E-state index in [0.717, 1.165) is 30.0 Å². The smallest absolute Gasteiger partial charge is 0.234 e. The first-order valence-electron chi connectivity index (χ1n) is 5.29. The Morgan fingerprint density at radius 3 is 2.42 bits per heavy atom. The Labute approximate surface area is 112 Å². The summed E-state index contributed by atoms with van der Waals surface area (Å²) in [4.78, 5) is 19.5. The van der Waals surface area contributed by atoms with Crippen molar-refractivity contribution in [2.45, 2.75) is 5.16 Å². The molecule has 0 radical (unpaired) electrons. The quantitative estimate of drug-likeness (QED) is 0.691. The molecule has 98 valence electrons. The summed E-state index contributed by atoms with van der Waals surface area (Å²) in [5.41, 5.74) is 0.0806. The lowest BCUT2D eigenvalue weighted by Crippen LogP contribution is -2.14. The van der Waals surface area contributed by atoms with E-state index in [1.165, 1.54) is 0 Å². The maximum atomic E-state index is 12.9. The van der Waals surface area contributed by atoms with E-state index in [-0.39, 0.29) is 17.3 Å². The molecule has 4 nitrogen and oxygen atoms in total. The minimum atomic E-state index is -0.741. The summed E-state index contributed by atoms with van der Waals surface area (Å²) < 4.78 is 25.8. The molecule has 0 bridgehead atoms. The second kappa shape index (κ2) is 6.24. The highest BCUT2D eigenvalue weighted by Gasteiger charge is 2.07. The molecule has 2 rings (SSSR count). The summed E-state index contributed by atoms with van der Waals surface area (Å²) in [6.07, 6.45) is 3.13. The normalized spacial score (nSPS) is 10.2. The van der Waals surface area contributed by atoms with Gasteiger partial charge in [-0.25, -0.2) is 18.7 Å². The van der Waals surface area contributed by atoms with Crippen molar-refractivity contribution in [2.24, 2.45) is 0 Å². The van der Waals surface area contributed by atoms with Crippen molar-refractivity contribution in [2.75, 3.05) is 11.1 Å². The molecule has 1 aromatic heterocycles. The first kappa shape index (κ1) is 13.4. The summed E-state index contributed by atoms with van der Waals surface area (Å²) in [5, 5.41) is 2.86. The van der Waals surface area contributed by atoms with Crippen LogP contribution in [0.1, 0.15) is 0 Å². The molecule has 1 N–H and O–H groups in total. The van der Waals surface area contributed by atoms with Crippen LogP contribution in [0.3, 0.4) is 0 Å². The monoisotopic (exact) mass is 281 g/mol. The molecular formula is C12H9F2N3OS. The molecule has 0 aliphatic heterocycles. The summed E-state index contributed by atoms with van der Waals surface area (Å²) in [5.74, 6) is -1.81. The molecule has 0 unspecified atom stereocenters. The number of carbonyl (C=O) groups excluding carboxylic acids is 1. The van der Waals surface area contributed by atoms with Crippen LogP contribution in [-0.2, 0) is 4.79 Å². The van der Waals surface area contributed by atoms with Crippen LogP contribution in [0.25, 0.3) is 0 Å². The second-order valence-electron chi connectivity index (χ2n) is 3.53. The van der Waals surface area contributed by atoms with Crippen molar-refractivity contribution in [1.29, 1.82) is 0 Å². The number of nitrogens with zero attached hydrogens (tertiary/aromatic N) is 2. The average molecular weight is 281 g/mol. The number of anilines is 1. The van der Waals surface area contributed by atoms with E-state index in [2.05, 4.69) is 15.3 Å². The largest absolute Gasteiger partial charge is 0.325 e. The van der Waals surface area contributed by atoms with Gasteiger partial charge in [-0.15, -0.1) is 0 Å². The summed E-state index contributed by atoms with van der Waals surface area (Å²) in [6, 6.07) is 4.50. The van der Waals surface area contributed by atoms with E-state index in [1.54, 1.807) is 18.5 Å². The van der Waals surface area contributed by atoms with E-state index in [0.29, 0.717) is 5.16 Å². The molecule has 0 aliphatic carbocycles. The fraction of sp³-hybridized carbons (Fsp3) is 0.0833. The number of rotatable bonds is 4. The van der Waals surface area contributed by atoms with Crippen molar-refractivity contribution < 1.29 is 13.6 Å². The lowest BCUT2D eigenvalue weighted by molar-refractivity contribution is -0.113. The zero-order valence-electron chi connectivity index (χ0n) is 9.64. The highest BCUT2D eigenvalue weighted by Crippen LogP contribution is 2.15. The van der Waals surface area contributed by atoms with E-state index in [1.807, 2.05) is 0 Å². The lowest BCUT2D eigenvalue weighted by atomic mass is 10.3. The van der Waals surface area contributed by atoms with Gasteiger partial charge in [0.15, 0.2) is 5.16 Å². The number of hydrogen-bond acceptors (Lipinski definition) is 4. The van der Waals surface area contributed by atoms with Crippen molar-refractivity contribution in [3.63, 3.8) is 0 Å². The molecule has 1 amide bonds. The minimum Gasteiger partial charge on any atom is -0.325 e. The molecule has 0 atom stereocenters. The predicted molar refractivity (Wildman–Crippen MR) is 67.7 cm³/mol. The number of carbonyl (C=O) groups is 1. The summed E-state index contributed by atoms with van der Waals surface area (Å²) in [7, 11) is 0. The highest BCUT2D eigenvalue weighted by atomic mass is 32.2. The van der Waals surface area contributed by atoms with Crippen molar-refractivity contribution in [3.8, 4) is 0 Å². The number of halogens is 2. The molecule has 1 heterocycles. The highest BCUT2D eigenvalue weighted by molar-refractivity contribution is 7.99. The van der Waals surface area contributed by atoms with E-state index < -0.39 is 11.6 Å². The number of hydrogen-bond donors (Lipinski definition) is 1. The predicted octanol–water partition coefficient (Wildman–Crippen LogP) is 2.49. The van der Waals surface area contributed by atoms with Gasteiger partial charge >= 0.3 is 0 Å². The van der Waals surface area contributed by atoms with Crippen LogP contribution in [0.2, 0.25) is 0 Å². The van der Waals surface area contributed by atoms with Gasteiger partial charge in [0.25, 0.3) is 0 Å². The van der Waals surface area contributed by atoms with Crippen LogP contribution in [-0.4, -0.2) is 21.6 Å². The van der Waals surface area contributed by atoms with Gasteiger partial charge < -0.3 is 5.32 Å². The summed E-state index contributed by atoms with van der Waals surface area (Å²) >= 11 is 1.13. The Balaban J connectivity index is 1.91. The van der Waals surface area contributed by atoms with Crippen LogP contribution < -0.4 is 5.32 Å². The van der Waals surface area contributed by atoms with Crippen LogP contribution >= 0.6 is 11.8 Å². The third-order valence-electron chi connectivity index (χ3n) is 2.02. The molecule has 0 spiro atoms. The molecule has 0 aliphatic rings. The minimum absolute atomic E-state index is 0.0577. The van der Waals surface area contributed by atoms with Gasteiger partial charge in [0, 0.05) is 24.1 Å². The maximum absolute atomic E-state index is 12.9. The van der Waals surface area contributed by atoms with Gasteiger partial charge in [-0.1, -0.05) is 11.8 Å². The zero-order chi connectivity index (χ0) is 13.7. The van der Waals surface area contributed by atoms with Crippen LogP contribution in [0.4, 0.5) is 14.5 Å². The van der Waals surface area contributed by atoms with Crippen molar-refractivity contribution in [1.82, 2.24) is 9.97 Å². The topological polar surface area (TPSA) is 54.9 Å². The van der Waals surface area contributed by atoms with Gasteiger partial charge in [0.2, 0.25) is 5.91 Å². The van der Waals surface area contributed by atoms with E-state index in [9.17, 15) is 13.6 Å². The Morgan fingerprint density at radius 2 is 1.79 bits per heavy atom. The van der Waals surface area contributed by atoms with Crippen LogP contribution in [0, 0.1) is 11.6 Å². The first-order chi connectivity index (χ1) is 9.13. The average Bonchev–Trinajstić information content (AvgIpc) is 2.36. The Kier molecular flexibility index (Phi) is 4.40. The SMILES string of the molecule is O=C(CSc1ncccn1)Nc1cc(F)cc(F)c1. The van der Waals surface area contributed by atoms with Crippen molar-refractivity contribution in [3.05, 3.63) is 48.3 Å². The third kappa shape index (κ3) is 4.29. The standard InChI is InChI=1S/C12H9F2N3OS/c13-8-4-9(14)6-10(5-8)17-11(18)7-19-12-15-2-1-3-16-12/h1-6H,7H2,(H,17,18). The zero-order valence-corrected chi connectivity index (χ0v) is 10.5. The van der Waals surface area contributed by atoms with Crippen molar-refractivity contribution >= 4 is 23.4 Å². The molecule has 0 fully saturated rings. The first-order valence-corrected chi connectivity index (χ1v) is 6.28. The molecule has 19 heavy (non-hydrogen) atoms. The lowest BCUT2D eigenvalue weighted by Gasteiger charge is -2.05. The molecule has 0 saturated carbocycles. The van der Waals surface area contributed by atoms with Gasteiger partial charge in [-0.2, -0.15) is 0 Å². The van der Waals surface area contributed by atoms with E-state index in [4.69, 9.17) is 0 Å². The van der Waals surface area contributed by atoms with Gasteiger partial charge in [0.05, 0.1) is 5.75 Å². The number of amides is 1. The summed E-state index contributed by atoms with van der Waals surface area (Å²) in [6.45, 7) is 0.